The molecule has 1 saturated carbocycles. The van der Waals surface area contributed by atoms with Crippen LogP contribution in [0.25, 0.3) is 0 Å². The van der Waals surface area contributed by atoms with Gasteiger partial charge in [0.15, 0.2) is 9.84 Å². The van der Waals surface area contributed by atoms with Crippen LogP contribution in [-0.2, 0) is 24.1 Å². The maximum absolute atomic E-state index is 11.0. The van der Waals surface area contributed by atoms with E-state index >= 15 is 0 Å². The Morgan fingerprint density at radius 2 is 1.89 bits per heavy atom. The van der Waals surface area contributed by atoms with Crippen LogP contribution in [0, 0.1) is 11.3 Å². The second kappa shape index (κ2) is 4.81. The van der Waals surface area contributed by atoms with Crippen LogP contribution in [0.5, 0.6) is 0 Å². The number of rotatable bonds is 4. The first kappa shape index (κ1) is 15.4. The molecule has 0 N–H and O–H groups in total. The van der Waals surface area contributed by atoms with Crippen molar-refractivity contribution in [3.05, 3.63) is 16.7 Å². The predicted octanol–water partition coefficient (Wildman–Crippen LogP) is 1.09. The quantitative estimate of drug-likeness (QED) is 0.573. The zero-order chi connectivity index (χ0) is 14.2. The van der Waals surface area contributed by atoms with Crippen molar-refractivity contribution in [1.82, 2.24) is 0 Å². The number of hydrogen-bond acceptors (Lipinski definition) is 5. The van der Waals surface area contributed by atoms with Crippen molar-refractivity contribution in [2.75, 3.05) is 19.1 Å². The molecule has 0 aromatic heterocycles. The minimum absolute atomic E-state index is 0.0580. The van der Waals surface area contributed by atoms with Crippen LogP contribution in [0.4, 0.5) is 0 Å². The molecule has 0 amide bonds. The van der Waals surface area contributed by atoms with Crippen LogP contribution >= 0.6 is 0 Å². The highest BCUT2D eigenvalue weighted by Gasteiger charge is 2.44. The highest BCUT2D eigenvalue weighted by molar-refractivity contribution is 7.93. The summed E-state index contributed by atoms with van der Waals surface area (Å²) in [5, 5.41) is 1.05. The number of hydrogen-bond donors (Lipinski definition) is 0. The molecule has 0 saturated heterocycles. The fourth-order valence-corrected chi connectivity index (χ4v) is 2.54. The first-order valence-corrected chi connectivity index (χ1v) is 9.19. The molecular weight excluding hydrogens is 276 g/mol. The standard InChI is InChI=1S/C11H18O5S2/c1-11(2)9(5-6-17(3,12)13)7-10(11)8-16-18(4,14)15/h6,10H,7-8H2,1-4H3. The molecule has 5 nitrogen and oxygen atoms in total. The van der Waals surface area contributed by atoms with Crippen molar-refractivity contribution in [2.45, 2.75) is 20.3 Å². The Hall–Kier alpha value is -0.620. The minimum Gasteiger partial charge on any atom is -0.270 e. The maximum atomic E-state index is 11.0. The van der Waals surface area contributed by atoms with Crippen LogP contribution in [-0.4, -0.2) is 36.0 Å². The molecule has 0 aromatic carbocycles. The van der Waals surface area contributed by atoms with E-state index in [1.807, 2.05) is 13.8 Å². The Morgan fingerprint density at radius 1 is 1.33 bits per heavy atom. The molecule has 7 heteroatoms. The molecule has 1 unspecified atom stereocenters. The summed E-state index contributed by atoms with van der Waals surface area (Å²) in [7, 11) is -6.61. The molecule has 1 aliphatic rings. The van der Waals surface area contributed by atoms with E-state index < -0.39 is 20.0 Å². The second-order valence-corrected chi connectivity index (χ2v) is 8.72. The topological polar surface area (TPSA) is 77.5 Å². The zero-order valence-electron chi connectivity index (χ0n) is 10.9. The van der Waals surface area contributed by atoms with Gasteiger partial charge in [-0.1, -0.05) is 13.8 Å². The molecular formula is C11H18O5S2. The second-order valence-electron chi connectivity index (χ2n) is 5.18. The minimum atomic E-state index is -3.43. The highest BCUT2D eigenvalue weighted by atomic mass is 32.2. The van der Waals surface area contributed by atoms with Crippen LogP contribution in [0.15, 0.2) is 16.7 Å². The van der Waals surface area contributed by atoms with Crippen molar-refractivity contribution in [2.24, 2.45) is 11.3 Å². The molecule has 1 fully saturated rings. The Kier molecular flexibility index (Phi) is 4.13. The van der Waals surface area contributed by atoms with E-state index in [1.165, 1.54) is 0 Å². The van der Waals surface area contributed by atoms with Crippen LogP contribution < -0.4 is 0 Å². The molecule has 0 aromatic rings. The number of sulfone groups is 1. The van der Waals surface area contributed by atoms with E-state index in [0.717, 1.165) is 23.5 Å². The van der Waals surface area contributed by atoms with Gasteiger partial charge >= 0.3 is 0 Å². The Morgan fingerprint density at radius 3 is 2.28 bits per heavy atom. The van der Waals surface area contributed by atoms with Gasteiger partial charge in [-0.05, 0) is 23.3 Å². The van der Waals surface area contributed by atoms with Crippen molar-refractivity contribution < 1.29 is 21.0 Å². The van der Waals surface area contributed by atoms with E-state index in [1.54, 1.807) is 0 Å². The van der Waals surface area contributed by atoms with Crippen molar-refractivity contribution in [1.29, 1.82) is 0 Å². The summed E-state index contributed by atoms with van der Waals surface area (Å²) in [6, 6.07) is 0. The highest BCUT2D eigenvalue weighted by Crippen LogP contribution is 2.50. The summed E-state index contributed by atoms with van der Waals surface area (Å²) in [5.74, 6) is 0.0580. The average Bonchev–Trinajstić information content (AvgIpc) is 2.11. The summed E-state index contributed by atoms with van der Waals surface area (Å²) < 4.78 is 48.5. The van der Waals surface area contributed by atoms with Crippen LogP contribution in [0.1, 0.15) is 20.3 Å². The molecule has 1 rings (SSSR count). The third-order valence-corrected chi connectivity index (χ3v) is 4.29. The van der Waals surface area contributed by atoms with Gasteiger partial charge in [0.2, 0.25) is 0 Å². The third-order valence-electron chi connectivity index (χ3n) is 3.18. The molecule has 0 bridgehead atoms. The molecule has 1 atom stereocenters. The van der Waals surface area contributed by atoms with Crippen molar-refractivity contribution in [3.63, 3.8) is 0 Å². The Labute approximate surface area is 109 Å². The lowest BCUT2D eigenvalue weighted by atomic mass is 9.59. The van der Waals surface area contributed by atoms with Crippen LogP contribution in [0.2, 0.25) is 0 Å². The van der Waals surface area contributed by atoms with E-state index in [-0.39, 0.29) is 17.9 Å². The van der Waals surface area contributed by atoms with E-state index in [4.69, 9.17) is 4.18 Å². The lowest BCUT2D eigenvalue weighted by molar-refractivity contribution is 0.101. The Balaban J connectivity index is 2.77. The molecule has 0 aliphatic heterocycles. The smallest absolute Gasteiger partial charge is 0.264 e. The van der Waals surface area contributed by atoms with E-state index in [0.29, 0.717) is 6.42 Å². The molecule has 18 heavy (non-hydrogen) atoms. The summed E-state index contributed by atoms with van der Waals surface area (Å²) in [4.78, 5) is 0. The van der Waals surface area contributed by atoms with Crippen molar-refractivity contribution in [3.8, 4) is 0 Å². The van der Waals surface area contributed by atoms with Gasteiger partial charge in [-0.2, -0.15) is 8.42 Å². The fraction of sp³-hybridized carbons (Fsp3) is 0.727. The average molecular weight is 294 g/mol. The molecule has 0 heterocycles. The largest absolute Gasteiger partial charge is 0.270 e. The van der Waals surface area contributed by atoms with Gasteiger partial charge in [0.1, 0.15) is 0 Å². The maximum Gasteiger partial charge on any atom is 0.264 e. The molecule has 104 valence electrons. The van der Waals surface area contributed by atoms with Gasteiger partial charge in [-0.15, -0.1) is 5.73 Å². The van der Waals surface area contributed by atoms with Gasteiger partial charge in [-0.25, -0.2) is 8.42 Å². The van der Waals surface area contributed by atoms with E-state index in [9.17, 15) is 16.8 Å². The van der Waals surface area contributed by atoms with Gasteiger partial charge in [0.25, 0.3) is 10.1 Å². The van der Waals surface area contributed by atoms with Gasteiger partial charge in [-0.3, -0.25) is 4.18 Å². The molecule has 1 aliphatic carbocycles. The Bertz CT molecular complexity index is 589. The lowest BCUT2D eigenvalue weighted by Gasteiger charge is -2.45. The van der Waals surface area contributed by atoms with Gasteiger partial charge < -0.3 is 0 Å². The lowest BCUT2D eigenvalue weighted by Crippen LogP contribution is -2.40. The summed E-state index contributed by atoms with van der Waals surface area (Å²) in [5.41, 5.74) is 3.36. The first-order valence-electron chi connectivity index (χ1n) is 5.42. The van der Waals surface area contributed by atoms with E-state index in [2.05, 4.69) is 5.73 Å². The summed E-state index contributed by atoms with van der Waals surface area (Å²) in [6.07, 6.45) is 2.73. The molecule has 0 spiro atoms. The monoisotopic (exact) mass is 294 g/mol. The SMILES string of the molecule is CC1(C)C(=C=CS(C)(=O)=O)CC1COS(C)(=O)=O. The zero-order valence-corrected chi connectivity index (χ0v) is 12.6. The normalized spacial score (nSPS) is 23.1. The van der Waals surface area contributed by atoms with Crippen LogP contribution in [0.3, 0.4) is 0 Å². The predicted molar refractivity (Wildman–Crippen MR) is 69.1 cm³/mol. The number of allylic oxidation sites excluding steroid dienone is 1. The first-order chi connectivity index (χ1) is 7.92. The van der Waals surface area contributed by atoms with Gasteiger partial charge in [0.05, 0.1) is 18.3 Å². The summed E-state index contributed by atoms with van der Waals surface area (Å²) in [6.45, 7) is 3.96. The summed E-state index contributed by atoms with van der Waals surface area (Å²) >= 11 is 0. The molecule has 0 radical (unpaired) electrons. The fourth-order valence-electron chi connectivity index (χ4n) is 1.78. The third kappa shape index (κ3) is 4.24. The van der Waals surface area contributed by atoms with Gasteiger partial charge in [0, 0.05) is 6.26 Å². The van der Waals surface area contributed by atoms with Crippen molar-refractivity contribution >= 4 is 20.0 Å².